The van der Waals surface area contributed by atoms with Crippen LogP contribution in [0.5, 0.6) is 17.2 Å². The van der Waals surface area contributed by atoms with Crippen molar-refractivity contribution in [3.8, 4) is 17.2 Å². The van der Waals surface area contributed by atoms with Crippen LogP contribution < -0.4 is 19.5 Å². The fourth-order valence-corrected chi connectivity index (χ4v) is 4.65. The van der Waals surface area contributed by atoms with Crippen molar-refractivity contribution >= 4 is 52.5 Å². The molecule has 0 amide bonds. The van der Waals surface area contributed by atoms with Crippen molar-refractivity contribution in [2.75, 3.05) is 25.6 Å². The van der Waals surface area contributed by atoms with Crippen molar-refractivity contribution in [2.45, 2.75) is 18.3 Å². The molecule has 2 N–H and O–H groups in total. The van der Waals surface area contributed by atoms with Crippen LogP contribution in [-0.2, 0) is 4.79 Å². The second-order valence-electron chi connectivity index (χ2n) is 6.31. The highest BCUT2D eigenvalue weighted by Gasteiger charge is 2.31. The molecule has 2 unspecified atom stereocenters. The summed E-state index contributed by atoms with van der Waals surface area (Å²) in [5, 5.41) is 13.4. The molecule has 1 heterocycles. The summed E-state index contributed by atoms with van der Waals surface area (Å²) in [6.07, 6.45) is 0. The molecule has 6 nitrogen and oxygen atoms in total. The Kier molecular flexibility index (Phi) is 8.25. The van der Waals surface area contributed by atoms with Gasteiger partial charge in [-0.05, 0) is 36.8 Å². The maximum atomic E-state index is 11.2. The number of hydrogen-bond donors (Lipinski definition) is 2. The van der Waals surface area contributed by atoms with Gasteiger partial charge in [-0.1, -0.05) is 34.8 Å². The van der Waals surface area contributed by atoms with Crippen LogP contribution >= 0.6 is 46.6 Å². The van der Waals surface area contributed by atoms with E-state index in [1.807, 2.05) is 13.0 Å². The van der Waals surface area contributed by atoms with Crippen molar-refractivity contribution in [3.05, 3.63) is 51.0 Å². The van der Waals surface area contributed by atoms with Crippen LogP contribution in [0.25, 0.3) is 0 Å². The summed E-state index contributed by atoms with van der Waals surface area (Å²) in [5.74, 6) is 0.962. The number of thioether (sulfide) groups is 1. The average Bonchev–Trinajstić information content (AvgIpc) is 3.20. The molecule has 0 bridgehead atoms. The van der Waals surface area contributed by atoms with Crippen LogP contribution in [0.3, 0.4) is 0 Å². The molecule has 0 spiro atoms. The second kappa shape index (κ2) is 10.7. The van der Waals surface area contributed by atoms with E-state index in [1.54, 1.807) is 24.3 Å². The zero-order valence-corrected chi connectivity index (χ0v) is 19.1. The summed E-state index contributed by atoms with van der Waals surface area (Å²) < 4.78 is 17.1. The zero-order valence-electron chi connectivity index (χ0n) is 16.0. The lowest BCUT2D eigenvalue weighted by Gasteiger charge is -2.18. The van der Waals surface area contributed by atoms with Gasteiger partial charge in [-0.15, -0.1) is 11.8 Å². The highest BCUT2D eigenvalue weighted by atomic mass is 35.5. The van der Waals surface area contributed by atoms with E-state index in [1.165, 1.54) is 11.8 Å². The number of hydrogen-bond acceptors (Lipinski definition) is 6. The number of benzene rings is 2. The molecule has 1 aliphatic heterocycles. The maximum Gasteiger partial charge on any atom is 0.321 e. The van der Waals surface area contributed by atoms with Gasteiger partial charge in [0.25, 0.3) is 0 Å². The number of halogens is 3. The molecule has 10 heteroatoms. The first-order valence-corrected chi connectivity index (χ1v) is 11.3. The van der Waals surface area contributed by atoms with Gasteiger partial charge in [0, 0.05) is 16.8 Å². The van der Waals surface area contributed by atoms with Gasteiger partial charge in [0.15, 0.2) is 11.5 Å². The fourth-order valence-electron chi connectivity index (χ4n) is 2.83. The summed E-state index contributed by atoms with van der Waals surface area (Å²) in [6.45, 7) is 2.72. The van der Waals surface area contributed by atoms with Crippen LogP contribution in [0.1, 0.15) is 17.9 Å². The molecule has 1 aliphatic rings. The normalized spacial score (nSPS) is 18.3. The molecule has 162 valence electrons. The Labute approximate surface area is 193 Å². The number of carboxylic acids is 1. The molecule has 1 fully saturated rings. The Bertz CT molecular complexity index is 914. The van der Waals surface area contributed by atoms with Crippen molar-refractivity contribution in [3.63, 3.8) is 0 Å². The number of nitrogens with one attached hydrogen (secondary N) is 1. The lowest BCUT2D eigenvalue weighted by molar-refractivity contribution is -0.138. The summed E-state index contributed by atoms with van der Waals surface area (Å²) in [5.41, 5.74) is 0.825. The summed E-state index contributed by atoms with van der Waals surface area (Å²) >= 11 is 20.0. The maximum absolute atomic E-state index is 11.2. The van der Waals surface area contributed by atoms with Crippen molar-refractivity contribution in [2.24, 2.45) is 0 Å². The first-order chi connectivity index (χ1) is 14.4. The number of aliphatic carboxylic acids is 1. The minimum atomic E-state index is -0.874. The molecule has 2 aromatic rings. The van der Waals surface area contributed by atoms with Gasteiger partial charge in [0.1, 0.15) is 25.0 Å². The smallest absolute Gasteiger partial charge is 0.321 e. The summed E-state index contributed by atoms with van der Waals surface area (Å²) in [7, 11) is 0. The van der Waals surface area contributed by atoms with E-state index >= 15 is 0 Å². The van der Waals surface area contributed by atoms with Crippen LogP contribution in [0, 0.1) is 0 Å². The molecular formula is C20H20Cl3NO5S. The van der Waals surface area contributed by atoms with Gasteiger partial charge < -0.3 is 19.3 Å². The van der Waals surface area contributed by atoms with Crippen LogP contribution in [0.15, 0.2) is 30.3 Å². The Morgan fingerprint density at radius 3 is 2.57 bits per heavy atom. The number of rotatable bonds is 9. The molecule has 3 rings (SSSR count). The van der Waals surface area contributed by atoms with Crippen molar-refractivity contribution in [1.82, 2.24) is 5.32 Å². The summed E-state index contributed by atoms with van der Waals surface area (Å²) in [6, 6.07) is 7.94. The largest absolute Gasteiger partial charge is 0.490 e. The predicted octanol–water partition coefficient (Wildman–Crippen LogP) is 5.29. The van der Waals surface area contributed by atoms with Gasteiger partial charge in [0.2, 0.25) is 0 Å². The fraction of sp³-hybridized carbons (Fsp3) is 0.350. The van der Waals surface area contributed by atoms with E-state index in [0.29, 0.717) is 44.7 Å². The highest BCUT2D eigenvalue weighted by molar-refractivity contribution is 7.99. The second-order valence-corrected chi connectivity index (χ2v) is 8.69. The van der Waals surface area contributed by atoms with E-state index in [4.69, 9.17) is 49.0 Å². The van der Waals surface area contributed by atoms with E-state index in [9.17, 15) is 9.90 Å². The monoisotopic (exact) mass is 491 g/mol. The third-order valence-electron chi connectivity index (χ3n) is 4.20. The first-order valence-electron chi connectivity index (χ1n) is 9.16. The highest BCUT2D eigenvalue weighted by Crippen LogP contribution is 2.42. The quantitative estimate of drug-likeness (QED) is 0.460. The van der Waals surface area contributed by atoms with Gasteiger partial charge >= 0.3 is 5.97 Å². The van der Waals surface area contributed by atoms with Crippen molar-refractivity contribution < 1.29 is 24.1 Å². The van der Waals surface area contributed by atoms with E-state index in [0.717, 1.165) is 5.56 Å². The predicted molar refractivity (Wildman–Crippen MR) is 120 cm³/mol. The molecule has 1 saturated heterocycles. The van der Waals surface area contributed by atoms with E-state index in [-0.39, 0.29) is 18.6 Å². The Hall–Kier alpha value is -1.51. The van der Waals surface area contributed by atoms with Crippen LogP contribution in [0.2, 0.25) is 15.1 Å². The van der Waals surface area contributed by atoms with Crippen LogP contribution in [-0.4, -0.2) is 42.7 Å². The molecular weight excluding hydrogens is 473 g/mol. The Morgan fingerprint density at radius 2 is 1.87 bits per heavy atom. The average molecular weight is 493 g/mol. The van der Waals surface area contributed by atoms with Gasteiger partial charge in [-0.3, -0.25) is 10.1 Å². The standard InChI is InChI=1S/C20H20Cl3NO5S/c1-2-27-17-8-11(19-24-15(10-30-19)20(25)26)7-14(23)18(17)29-6-5-28-16-9-12(21)3-4-13(16)22/h3-4,7-9,15,19,24H,2,5-6,10H2,1H3,(H,25,26). The number of ether oxygens (including phenoxy) is 3. The lowest BCUT2D eigenvalue weighted by atomic mass is 10.2. The van der Waals surface area contributed by atoms with Gasteiger partial charge in [0.05, 0.1) is 22.0 Å². The molecule has 0 aliphatic carbocycles. The van der Waals surface area contributed by atoms with Gasteiger partial charge in [-0.25, -0.2) is 0 Å². The third-order valence-corrected chi connectivity index (χ3v) is 6.29. The topological polar surface area (TPSA) is 77.0 Å². The van der Waals surface area contributed by atoms with Crippen LogP contribution in [0.4, 0.5) is 0 Å². The van der Waals surface area contributed by atoms with E-state index in [2.05, 4.69) is 5.32 Å². The minimum absolute atomic E-state index is 0.190. The molecule has 0 aromatic heterocycles. The zero-order chi connectivity index (χ0) is 21.7. The molecule has 0 radical (unpaired) electrons. The lowest BCUT2D eigenvalue weighted by Crippen LogP contribution is -2.33. The SMILES string of the molecule is CCOc1cc(C2NC(C(=O)O)CS2)cc(Cl)c1OCCOc1cc(Cl)ccc1Cl. The third kappa shape index (κ3) is 5.80. The number of carbonyl (C=O) groups is 1. The summed E-state index contributed by atoms with van der Waals surface area (Å²) in [4.78, 5) is 11.2. The minimum Gasteiger partial charge on any atom is -0.490 e. The first kappa shape index (κ1) is 23.2. The Balaban J connectivity index is 1.67. The molecule has 2 aromatic carbocycles. The van der Waals surface area contributed by atoms with Crippen molar-refractivity contribution in [1.29, 1.82) is 0 Å². The number of carboxylic acid groups (broad SMARTS) is 1. The van der Waals surface area contributed by atoms with E-state index < -0.39 is 12.0 Å². The molecule has 2 atom stereocenters. The molecule has 30 heavy (non-hydrogen) atoms. The Morgan fingerprint density at radius 1 is 1.10 bits per heavy atom. The molecule has 0 saturated carbocycles. The van der Waals surface area contributed by atoms with Gasteiger partial charge in [-0.2, -0.15) is 0 Å².